The lowest BCUT2D eigenvalue weighted by Gasteiger charge is -2.13. The summed E-state index contributed by atoms with van der Waals surface area (Å²) in [6.07, 6.45) is 3.00. The molecule has 1 amide bonds. The first-order valence-corrected chi connectivity index (χ1v) is 11.6. The van der Waals surface area contributed by atoms with Crippen LogP contribution in [-0.4, -0.2) is 31.7 Å². The van der Waals surface area contributed by atoms with Crippen molar-refractivity contribution >= 4 is 34.3 Å². The van der Waals surface area contributed by atoms with Crippen LogP contribution < -0.4 is 14.8 Å². The van der Waals surface area contributed by atoms with Crippen LogP contribution >= 0.6 is 11.3 Å². The molecule has 0 aliphatic rings. The van der Waals surface area contributed by atoms with Gasteiger partial charge in [-0.15, -0.1) is 11.3 Å². The van der Waals surface area contributed by atoms with Gasteiger partial charge in [0.15, 0.2) is 11.5 Å². The first kappa shape index (κ1) is 25.0. The molecule has 8 heteroatoms. The van der Waals surface area contributed by atoms with E-state index in [-0.39, 0.29) is 24.1 Å². The Morgan fingerprint density at radius 3 is 2.50 bits per heavy atom. The van der Waals surface area contributed by atoms with E-state index >= 15 is 0 Å². The van der Waals surface area contributed by atoms with Crippen molar-refractivity contribution in [3.05, 3.63) is 70.9 Å². The molecule has 0 unspecified atom stereocenters. The molecule has 0 radical (unpaired) electrons. The minimum Gasteiger partial charge on any atom is -0.493 e. The molecule has 6 nitrogen and oxygen atoms in total. The van der Waals surface area contributed by atoms with Gasteiger partial charge in [0.2, 0.25) is 5.91 Å². The summed E-state index contributed by atoms with van der Waals surface area (Å²) in [6, 6.07) is 11.1. The van der Waals surface area contributed by atoms with E-state index in [1.54, 1.807) is 49.8 Å². The van der Waals surface area contributed by atoms with E-state index in [1.807, 2.05) is 19.9 Å². The Kier molecular flexibility index (Phi) is 8.43. The molecular formula is C26H26FNO5S. The SMILES string of the molecule is CCOC(=O)c1c(-c2ccc(F)cc2)csc1NC(=O)/C=C/c1ccc(OC(C)C)c(OC)c1. The number of methoxy groups -OCH3 is 1. The van der Waals surface area contributed by atoms with Crippen molar-refractivity contribution in [3.63, 3.8) is 0 Å². The van der Waals surface area contributed by atoms with Crippen LogP contribution in [0.25, 0.3) is 17.2 Å². The lowest BCUT2D eigenvalue weighted by molar-refractivity contribution is -0.111. The Morgan fingerprint density at radius 2 is 1.85 bits per heavy atom. The lowest BCUT2D eigenvalue weighted by Crippen LogP contribution is -2.12. The van der Waals surface area contributed by atoms with Gasteiger partial charge in [-0.05, 0) is 62.2 Å². The maximum atomic E-state index is 13.3. The predicted octanol–water partition coefficient (Wildman–Crippen LogP) is 6.18. The summed E-state index contributed by atoms with van der Waals surface area (Å²) >= 11 is 1.20. The number of thiophene rings is 1. The van der Waals surface area contributed by atoms with Gasteiger partial charge in [0, 0.05) is 17.0 Å². The highest BCUT2D eigenvalue weighted by atomic mass is 32.1. The summed E-state index contributed by atoms with van der Waals surface area (Å²) in [5.41, 5.74) is 2.18. The number of esters is 1. The molecule has 0 spiro atoms. The van der Waals surface area contributed by atoms with Crippen LogP contribution in [0.1, 0.15) is 36.7 Å². The lowest BCUT2D eigenvalue weighted by atomic mass is 10.0. The van der Waals surface area contributed by atoms with E-state index in [0.717, 1.165) is 5.56 Å². The zero-order chi connectivity index (χ0) is 24.7. The zero-order valence-corrected chi connectivity index (χ0v) is 20.2. The molecule has 2 aromatic carbocycles. The molecule has 0 saturated carbocycles. The quantitative estimate of drug-likeness (QED) is 0.291. The number of hydrogen-bond acceptors (Lipinski definition) is 6. The highest BCUT2D eigenvalue weighted by Gasteiger charge is 2.22. The summed E-state index contributed by atoms with van der Waals surface area (Å²) in [6.45, 7) is 5.74. The van der Waals surface area contributed by atoms with Crippen molar-refractivity contribution in [1.29, 1.82) is 0 Å². The Labute approximate surface area is 202 Å². The molecule has 1 heterocycles. The highest BCUT2D eigenvalue weighted by molar-refractivity contribution is 7.15. The van der Waals surface area contributed by atoms with Crippen LogP contribution in [0.2, 0.25) is 0 Å². The number of hydrogen-bond donors (Lipinski definition) is 1. The van der Waals surface area contributed by atoms with Crippen LogP contribution in [-0.2, 0) is 9.53 Å². The van der Waals surface area contributed by atoms with Gasteiger partial charge in [-0.2, -0.15) is 0 Å². The molecule has 178 valence electrons. The normalized spacial score (nSPS) is 11.0. The van der Waals surface area contributed by atoms with Crippen molar-refractivity contribution < 1.29 is 28.2 Å². The summed E-state index contributed by atoms with van der Waals surface area (Å²) in [5.74, 6) is -0.184. The van der Waals surface area contributed by atoms with Gasteiger partial charge in [-0.1, -0.05) is 18.2 Å². The molecule has 34 heavy (non-hydrogen) atoms. The third-order valence-electron chi connectivity index (χ3n) is 4.64. The van der Waals surface area contributed by atoms with Crippen LogP contribution in [0.4, 0.5) is 9.39 Å². The summed E-state index contributed by atoms with van der Waals surface area (Å²) < 4.78 is 29.6. The molecule has 1 N–H and O–H groups in total. The van der Waals surface area contributed by atoms with Crippen molar-refractivity contribution in [2.45, 2.75) is 26.9 Å². The molecule has 0 aliphatic carbocycles. The highest BCUT2D eigenvalue weighted by Crippen LogP contribution is 2.36. The Balaban J connectivity index is 1.82. The number of halogens is 1. The molecule has 0 atom stereocenters. The number of carbonyl (C=O) groups excluding carboxylic acids is 2. The monoisotopic (exact) mass is 483 g/mol. The van der Waals surface area contributed by atoms with Gasteiger partial charge in [-0.3, -0.25) is 4.79 Å². The topological polar surface area (TPSA) is 73.9 Å². The fourth-order valence-corrected chi connectivity index (χ4v) is 4.12. The van der Waals surface area contributed by atoms with E-state index in [0.29, 0.717) is 27.6 Å². The second-order valence-electron chi connectivity index (χ2n) is 7.48. The maximum absolute atomic E-state index is 13.3. The van der Waals surface area contributed by atoms with Gasteiger partial charge in [0.25, 0.3) is 0 Å². The number of benzene rings is 2. The minimum atomic E-state index is -0.562. The summed E-state index contributed by atoms with van der Waals surface area (Å²) in [4.78, 5) is 25.3. The molecule has 0 aliphatic heterocycles. The Hall–Kier alpha value is -3.65. The zero-order valence-electron chi connectivity index (χ0n) is 19.4. The van der Waals surface area contributed by atoms with Crippen LogP contribution in [0.3, 0.4) is 0 Å². The van der Waals surface area contributed by atoms with Crippen molar-refractivity contribution in [3.8, 4) is 22.6 Å². The summed E-state index contributed by atoms with van der Waals surface area (Å²) in [7, 11) is 1.55. The third-order valence-corrected chi connectivity index (χ3v) is 5.54. The molecule has 0 fully saturated rings. The van der Waals surface area contributed by atoms with E-state index in [4.69, 9.17) is 14.2 Å². The number of carbonyl (C=O) groups is 2. The van der Waals surface area contributed by atoms with Gasteiger partial charge < -0.3 is 19.5 Å². The minimum absolute atomic E-state index is 0.000241. The van der Waals surface area contributed by atoms with Crippen LogP contribution in [0.15, 0.2) is 53.9 Å². The smallest absolute Gasteiger partial charge is 0.341 e. The second-order valence-corrected chi connectivity index (χ2v) is 8.36. The molecule has 0 saturated heterocycles. The second kappa shape index (κ2) is 11.5. The molecule has 1 aromatic heterocycles. The van der Waals surface area contributed by atoms with Crippen molar-refractivity contribution in [1.82, 2.24) is 0 Å². The Morgan fingerprint density at radius 1 is 1.12 bits per heavy atom. The number of ether oxygens (including phenoxy) is 3. The van der Waals surface area contributed by atoms with E-state index in [1.165, 1.54) is 29.5 Å². The van der Waals surface area contributed by atoms with Gasteiger partial charge in [0.05, 0.1) is 19.8 Å². The summed E-state index contributed by atoms with van der Waals surface area (Å²) in [5, 5.41) is 4.84. The standard InChI is InChI=1S/C26H26FNO5S/c1-5-32-26(30)24-20(18-8-10-19(27)11-9-18)15-34-25(24)28-23(29)13-7-17-6-12-21(33-16(2)3)22(14-17)31-4/h6-16H,5H2,1-4H3,(H,28,29)/b13-7+. The van der Waals surface area contributed by atoms with Gasteiger partial charge in [0.1, 0.15) is 16.4 Å². The van der Waals surface area contributed by atoms with Crippen molar-refractivity contribution in [2.75, 3.05) is 19.0 Å². The molecule has 3 aromatic rings. The fourth-order valence-electron chi connectivity index (χ4n) is 3.16. The van der Waals surface area contributed by atoms with E-state index in [2.05, 4.69) is 5.32 Å². The predicted molar refractivity (Wildman–Crippen MR) is 132 cm³/mol. The Bertz CT molecular complexity index is 1180. The van der Waals surface area contributed by atoms with Crippen LogP contribution in [0.5, 0.6) is 11.5 Å². The number of anilines is 1. The maximum Gasteiger partial charge on any atom is 0.341 e. The average Bonchev–Trinajstić information content (AvgIpc) is 3.22. The van der Waals surface area contributed by atoms with Gasteiger partial charge in [-0.25, -0.2) is 9.18 Å². The first-order valence-electron chi connectivity index (χ1n) is 10.7. The fraction of sp³-hybridized carbons (Fsp3) is 0.231. The average molecular weight is 484 g/mol. The van der Waals surface area contributed by atoms with Crippen LogP contribution in [0, 0.1) is 5.82 Å². The number of amides is 1. The number of rotatable bonds is 9. The molecule has 3 rings (SSSR count). The largest absolute Gasteiger partial charge is 0.493 e. The van der Waals surface area contributed by atoms with Crippen molar-refractivity contribution in [2.24, 2.45) is 0 Å². The number of nitrogens with one attached hydrogen (secondary N) is 1. The molecular weight excluding hydrogens is 457 g/mol. The first-order chi connectivity index (χ1) is 16.3. The van der Waals surface area contributed by atoms with Gasteiger partial charge >= 0.3 is 5.97 Å². The van der Waals surface area contributed by atoms with E-state index in [9.17, 15) is 14.0 Å². The third kappa shape index (κ3) is 6.23. The molecule has 0 bridgehead atoms. The van der Waals surface area contributed by atoms with E-state index < -0.39 is 11.9 Å².